The van der Waals surface area contributed by atoms with Gasteiger partial charge in [0.15, 0.2) is 0 Å². The van der Waals surface area contributed by atoms with E-state index in [2.05, 4.69) is 6.92 Å². The SMILES string of the molecule is CCCCCCCCCCCCSP(O)OCC. The molecular formula is C14H31O2PS. The third kappa shape index (κ3) is 14.8. The van der Waals surface area contributed by atoms with Gasteiger partial charge in [0.2, 0.25) is 7.58 Å². The lowest BCUT2D eigenvalue weighted by Gasteiger charge is -2.07. The van der Waals surface area contributed by atoms with Gasteiger partial charge in [0.05, 0.1) is 6.61 Å². The van der Waals surface area contributed by atoms with Gasteiger partial charge in [0.1, 0.15) is 0 Å². The second-order valence-corrected chi connectivity index (χ2v) is 7.78. The summed E-state index contributed by atoms with van der Waals surface area (Å²) in [6.07, 6.45) is 13.7. The van der Waals surface area contributed by atoms with Crippen LogP contribution in [-0.2, 0) is 4.52 Å². The lowest BCUT2D eigenvalue weighted by atomic mass is 10.1. The first-order chi connectivity index (χ1) is 8.81. The molecule has 0 rings (SSSR count). The molecule has 0 aromatic heterocycles. The van der Waals surface area contributed by atoms with Crippen LogP contribution in [0.2, 0.25) is 0 Å². The van der Waals surface area contributed by atoms with E-state index >= 15 is 0 Å². The molecule has 0 amide bonds. The van der Waals surface area contributed by atoms with Gasteiger partial charge in [-0.25, -0.2) is 0 Å². The van der Waals surface area contributed by atoms with Crippen LogP contribution in [0, 0.1) is 0 Å². The molecule has 0 fully saturated rings. The van der Waals surface area contributed by atoms with Gasteiger partial charge in [-0.2, -0.15) is 0 Å². The van der Waals surface area contributed by atoms with Crippen molar-refractivity contribution in [3.63, 3.8) is 0 Å². The molecule has 2 nitrogen and oxygen atoms in total. The van der Waals surface area contributed by atoms with Crippen molar-refractivity contribution >= 4 is 19.0 Å². The fourth-order valence-electron chi connectivity index (χ4n) is 1.88. The average molecular weight is 294 g/mol. The highest BCUT2D eigenvalue weighted by molar-refractivity contribution is 8.52. The van der Waals surface area contributed by atoms with Crippen molar-refractivity contribution in [3.05, 3.63) is 0 Å². The lowest BCUT2D eigenvalue weighted by Crippen LogP contribution is -1.85. The van der Waals surface area contributed by atoms with Crippen LogP contribution in [0.4, 0.5) is 0 Å². The molecule has 0 heterocycles. The molecule has 4 heteroatoms. The third-order valence-corrected chi connectivity index (χ3v) is 5.64. The zero-order chi connectivity index (χ0) is 13.5. The van der Waals surface area contributed by atoms with Crippen LogP contribution in [0.25, 0.3) is 0 Å². The Balaban J connectivity index is 2.98. The van der Waals surface area contributed by atoms with E-state index in [1.165, 1.54) is 64.2 Å². The molecular weight excluding hydrogens is 263 g/mol. The van der Waals surface area contributed by atoms with E-state index in [0.29, 0.717) is 6.61 Å². The molecule has 0 aromatic rings. The first-order valence-electron chi connectivity index (χ1n) is 7.56. The normalized spacial score (nSPS) is 12.8. The van der Waals surface area contributed by atoms with E-state index < -0.39 is 7.58 Å². The Morgan fingerprint density at radius 1 is 0.833 bits per heavy atom. The van der Waals surface area contributed by atoms with E-state index in [4.69, 9.17) is 4.52 Å². The molecule has 0 aliphatic heterocycles. The van der Waals surface area contributed by atoms with Crippen LogP contribution in [0.3, 0.4) is 0 Å². The molecule has 0 radical (unpaired) electrons. The molecule has 0 saturated heterocycles. The van der Waals surface area contributed by atoms with Gasteiger partial charge in [-0.15, -0.1) is 0 Å². The van der Waals surface area contributed by atoms with Crippen LogP contribution in [-0.4, -0.2) is 17.3 Å². The number of rotatable bonds is 14. The summed E-state index contributed by atoms with van der Waals surface area (Å²) >= 11 is 1.58. The molecule has 0 aliphatic rings. The number of hydrogen-bond acceptors (Lipinski definition) is 3. The monoisotopic (exact) mass is 294 g/mol. The second-order valence-electron chi connectivity index (χ2n) is 4.67. The number of unbranched alkanes of at least 4 members (excludes halogenated alkanes) is 9. The van der Waals surface area contributed by atoms with Crippen LogP contribution in [0.5, 0.6) is 0 Å². The van der Waals surface area contributed by atoms with Crippen molar-refractivity contribution in [2.75, 3.05) is 12.4 Å². The minimum absolute atomic E-state index is 0.618. The molecule has 0 spiro atoms. The first-order valence-corrected chi connectivity index (χ1v) is 10.4. The van der Waals surface area contributed by atoms with E-state index in [1.807, 2.05) is 6.92 Å². The lowest BCUT2D eigenvalue weighted by molar-refractivity contribution is 0.343. The number of hydrogen-bond donors (Lipinski definition) is 1. The van der Waals surface area contributed by atoms with E-state index in [1.54, 1.807) is 11.4 Å². The molecule has 1 unspecified atom stereocenters. The zero-order valence-corrected chi connectivity index (χ0v) is 13.9. The maximum atomic E-state index is 9.40. The predicted octanol–water partition coefficient (Wildman–Crippen LogP) is 5.90. The summed E-state index contributed by atoms with van der Waals surface area (Å²) in [5, 5.41) is 0. The Morgan fingerprint density at radius 2 is 1.33 bits per heavy atom. The van der Waals surface area contributed by atoms with Crippen molar-refractivity contribution in [1.82, 2.24) is 0 Å². The summed E-state index contributed by atoms with van der Waals surface area (Å²) in [7, 11) is -1.20. The van der Waals surface area contributed by atoms with E-state index in [9.17, 15) is 4.89 Å². The standard InChI is InChI=1S/C14H31O2PS/c1-3-5-6-7-8-9-10-11-12-13-14-18-17(15)16-4-2/h15H,3-14H2,1-2H3. The Labute approximate surface area is 119 Å². The summed E-state index contributed by atoms with van der Waals surface area (Å²) in [4.78, 5) is 9.40. The first kappa shape index (κ1) is 18.7. The van der Waals surface area contributed by atoms with Gasteiger partial charge in [0, 0.05) is 5.75 Å². The molecule has 1 atom stereocenters. The van der Waals surface area contributed by atoms with Crippen LogP contribution >= 0.6 is 19.0 Å². The van der Waals surface area contributed by atoms with Crippen molar-refractivity contribution in [2.24, 2.45) is 0 Å². The van der Waals surface area contributed by atoms with Crippen LogP contribution in [0.1, 0.15) is 78.1 Å². The second kappa shape index (κ2) is 15.8. The molecule has 0 saturated carbocycles. The molecule has 0 aliphatic carbocycles. The predicted molar refractivity (Wildman–Crippen MR) is 85.1 cm³/mol. The van der Waals surface area contributed by atoms with Crippen LogP contribution < -0.4 is 0 Å². The fourth-order valence-corrected chi connectivity index (χ4v) is 4.06. The largest absolute Gasteiger partial charge is 0.342 e. The summed E-state index contributed by atoms with van der Waals surface area (Å²) < 4.78 is 5.12. The highest BCUT2D eigenvalue weighted by atomic mass is 32.7. The molecule has 110 valence electrons. The Hall–Kier alpha value is 0.700. The van der Waals surface area contributed by atoms with Gasteiger partial charge < -0.3 is 9.42 Å². The summed E-state index contributed by atoms with van der Waals surface area (Å²) in [6, 6.07) is 0. The zero-order valence-electron chi connectivity index (χ0n) is 12.2. The van der Waals surface area contributed by atoms with Gasteiger partial charge >= 0.3 is 0 Å². The maximum absolute atomic E-state index is 9.40. The smallest absolute Gasteiger partial charge is 0.235 e. The van der Waals surface area contributed by atoms with Crippen molar-refractivity contribution < 1.29 is 9.42 Å². The molecule has 1 N–H and O–H groups in total. The van der Waals surface area contributed by atoms with E-state index in [-0.39, 0.29) is 0 Å². The quantitative estimate of drug-likeness (QED) is 0.319. The highest BCUT2D eigenvalue weighted by Gasteiger charge is 2.03. The Kier molecular flexibility index (Phi) is 16.4. The topological polar surface area (TPSA) is 29.5 Å². The minimum atomic E-state index is -1.20. The van der Waals surface area contributed by atoms with Gasteiger partial charge in [-0.1, -0.05) is 76.1 Å². The highest BCUT2D eigenvalue weighted by Crippen LogP contribution is 2.46. The average Bonchev–Trinajstić information content (AvgIpc) is 2.36. The summed E-state index contributed by atoms with van der Waals surface area (Å²) in [6.45, 7) is 4.81. The van der Waals surface area contributed by atoms with Gasteiger partial charge in [-0.3, -0.25) is 0 Å². The molecule has 0 bridgehead atoms. The molecule has 0 aromatic carbocycles. The summed E-state index contributed by atoms with van der Waals surface area (Å²) in [5.74, 6) is 1.04. The molecule has 18 heavy (non-hydrogen) atoms. The maximum Gasteiger partial charge on any atom is 0.235 e. The minimum Gasteiger partial charge on any atom is -0.342 e. The summed E-state index contributed by atoms with van der Waals surface area (Å²) in [5.41, 5.74) is 0. The van der Waals surface area contributed by atoms with Gasteiger partial charge in [0.25, 0.3) is 0 Å². The van der Waals surface area contributed by atoms with Crippen LogP contribution in [0.15, 0.2) is 0 Å². The Bertz CT molecular complexity index is 159. The van der Waals surface area contributed by atoms with Crippen molar-refractivity contribution in [1.29, 1.82) is 0 Å². The Morgan fingerprint density at radius 3 is 1.83 bits per heavy atom. The van der Waals surface area contributed by atoms with Gasteiger partial charge in [-0.05, 0) is 13.3 Å². The third-order valence-electron chi connectivity index (χ3n) is 2.94. The van der Waals surface area contributed by atoms with Crippen molar-refractivity contribution in [3.8, 4) is 0 Å². The van der Waals surface area contributed by atoms with Crippen molar-refractivity contribution in [2.45, 2.75) is 78.1 Å². The van der Waals surface area contributed by atoms with E-state index in [0.717, 1.165) is 5.75 Å². The fraction of sp³-hybridized carbons (Fsp3) is 1.00.